The molecule has 94 valence electrons. The molecule has 1 N–H and O–H groups in total. The Morgan fingerprint density at radius 1 is 1.31 bits per heavy atom. The zero-order valence-corrected chi connectivity index (χ0v) is 11.2. The zero-order chi connectivity index (χ0) is 12.2. The Bertz CT molecular complexity index is 187. The highest BCUT2D eigenvalue weighted by molar-refractivity contribution is 5.56. The van der Waals surface area contributed by atoms with E-state index in [-0.39, 0.29) is 0 Å². The van der Waals surface area contributed by atoms with E-state index < -0.39 is 0 Å². The first-order valence-electron chi connectivity index (χ1n) is 6.32. The van der Waals surface area contributed by atoms with Crippen LogP contribution < -0.4 is 5.32 Å². The van der Waals surface area contributed by atoms with Crippen LogP contribution in [-0.4, -0.2) is 31.0 Å². The zero-order valence-electron chi connectivity index (χ0n) is 11.2. The second-order valence-corrected chi connectivity index (χ2v) is 3.99. The van der Waals surface area contributed by atoms with Gasteiger partial charge in [-0.25, -0.2) is 0 Å². The molecule has 16 heavy (non-hydrogen) atoms. The van der Waals surface area contributed by atoms with Crippen LogP contribution in [0.2, 0.25) is 0 Å². The third-order valence-electron chi connectivity index (χ3n) is 2.49. The summed E-state index contributed by atoms with van der Waals surface area (Å²) in [4.78, 5) is 6.13. The summed E-state index contributed by atoms with van der Waals surface area (Å²) in [5.41, 5.74) is 0. The quantitative estimate of drug-likeness (QED) is 0.283. The van der Waals surface area contributed by atoms with Gasteiger partial charge in [0.1, 0.15) is 0 Å². The maximum Gasteiger partial charge on any atom is 0.0899 e. The van der Waals surface area contributed by atoms with Gasteiger partial charge < -0.3 is 4.90 Å². The van der Waals surface area contributed by atoms with Crippen LogP contribution in [0.1, 0.15) is 46.5 Å². The van der Waals surface area contributed by atoms with Crippen molar-refractivity contribution in [3.8, 4) is 0 Å². The molecular formula is C13H27N3. The summed E-state index contributed by atoms with van der Waals surface area (Å²) < 4.78 is 0. The molecule has 0 radical (unpaired) electrons. The number of hydrogen-bond acceptors (Lipinski definition) is 2. The standard InChI is InChI=1S/C13H27N3/c1-5-7-8-9-10-15-13(3)16(11-6-2)12-14-4/h6,11-13,15H,5,7-10H2,1-4H3/b11-6-,14-12+. The molecule has 0 saturated carbocycles. The lowest BCUT2D eigenvalue weighted by Crippen LogP contribution is -2.40. The molecule has 0 aliphatic heterocycles. The van der Waals surface area contributed by atoms with Crippen molar-refractivity contribution >= 4 is 6.34 Å². The molecule has 3 nitrogen and oxygen atoms in total. The van der Waals surface area contributed by atoms with Crippen LogP contribution in [0.3, 0.4) is 0 Å². The van der Waals surface area contributed by atoms with Crippen LogP contribution in [-0.2, 0) is 0 Å². The van der Waals surface area contributed by atoms with Gasteiger partial charge in [-0.05, 0) is 26.8 Å². The number of unbranched alkanes of at least 4 members (excludes halogenated alkanes) is 3. The third kappa shape index (κ3) is 7.46. The highest BCUT2D eigenvalue weighted by atomic mass is 15.3. The lowest BCUT2D eigenvalue weighted by molar-refractivity contribution is 0.360. The minimum Gasteiger partial charge on any atom is -0.324 e. The summed E-state index contributed by atoms with van der Waals surface area (Å²) in [5, 5.41) is 3.49. The molecule has 0 bridgehead atoms. The number of nitrogens with zero attached hydrogens (tertiary/aromatic N) is 2. The topological polar surface area (TPSA) is 27.6 Å². The maximum atomic E-state index is 4.04. The molecule has 0 aromatic heterocycles. The van der Waals surface area contributed by atoms with Crippen LogP contribution in [0.25, 0.3) is 0 Å². The Labute approximate surface area is 101 Å². The molecule has 0 spiro atoms. The Morgan fingerprint density at radius 2 is 2.06 bits per heavy atom. The minimum absolute atomic E-state index is 0.307. The number of nitrogens with one attached hydrogen (secondary N) is 1. The molecule has 0 saturated heterocycles. The molecule has 0 aromatic rings. The average Bonchev–Trinajstić information content (AvgIpc) is 2.28. The van der Waals surface area contributed by atoms with Gasteiger partial charge in [-0.15, -0.1) is 0 Å². The van der Waals surface area contributed by atoms with Crippen molar-refractivity contribution < 1.29 is 0 Å². The van der Waals surface area contributed by atoms with E-state index in [1.54, 1.807) is 7.05 Å². The van der Waals surface area contributed by atoms with Crippen molar-refractivity contribution in [3.05, 3.63) is 12.3 Å². The van der Waals surface area contributed by atoms with Crippen molar-refractivity contribution in [2.45, 2.75) is 52.6 Å². The summed E-state index contributed by atoms with van der Waals surface area (Å²) in [6, 6.07) is 0. The highest BCUT2D eigenvalue weighted by Crippen LogP contribution is 1.99. The van der Waals surface area contributed by atoms with Crippen molar-refractivity contribution in [3.63, 3.8) is 0 Å². The molecule has 0 aromatic carbocycles. The van der Waals surface area contributed by atoms with Gasteiger partial charge in [-0.1, -0.05) is 32.3 Å². The summed E-state index contributed by atoms with van der Waals surface area (Å²) in [6.45, 7) is 7.49. The second kappa shape index (κ2) is 10.7. The van der Waals surface area contributed by atoms with E-state index in [1.165, 1.54) is 25.7 Å². The van der Waals surface area contributed by atoms with Crippen LogP contribution in [0.4, 0.5) is 0 Å². The molecule has 1 atom stereocenters. The second-order valence-electron chi connectivity index (χ2n) is 3.99. The van der Waals surface area contributed by atoms with Crippen molar-refractivity contribution in [1.82, 2.24) is 10.2 Å². The molecule has 0 rings (SSSR count). The molecule has 0 aliphatic carbocycles. The summed E-state index contributed by atoms with van der Waals surface area (Å²) in [7, 11) is 1.80. The van der Waals surface area contributed by atoms with E-state index in [1.807, 2.05) is 25.5 Å². The van der Waals surface area contributed by atoms with Crippen LogP contribution in [0, 0.1) is 0 Å². The predicted molar refractivity (Wildman–Crippen MR) is 72.7 cm³/mol. The van der Waals surface area contributed by atoms with Crippen molar-refractivity contribution in [1.29, 1.82) is 0 Å². The lowest BCUT2D eigenvalue weighted by Gasteiger charge is -2.24. The largest absolute Gasteiger partial charge is 0.324 e. The fraction of sp³-hybridized carbons (Fsp3) is 0.769. The first-order chi connectivity index (χ1) is 7.76. The van der Waals surface area contributed by atoms with Gasteiger partial charge in [0.05, 0.1) is 12.5 Å². The predicted octanol–water partition coefficient (Wildman–Crippen LogP) is 3.00. The summed E-state index contributed by atoms with van der Waals surface area (Å²) in [6.07, 6.45) is 11.4. The van der Waals surface area contributed by atoms with E-state index in [4.69, 9.17) is 0 Å². The number of rotatable bonds is 9. The molecular weight excluding hydrogens is 198 g/mol. The Balaban J connectivity index is 3.78. The van der Waals surface area contributed by atoms with Gasteiger partial charge in [0, 0.05) is 13.2 Å². The van der Waals surface area contributed by atoms with Crippen LogP contribution in [0.15, 0.2) is 17.3 Å². The molecule has 0 heterocycles. The van der Waals surface area contributed by atoms with E-state index in [0.717, 1.165) is 6.54 Å². The monoisotopic (exact) mass is 225 g/mol. The van der Waals surface area contributed by atoms with Gasteiger partial charge in [-0.2, -0.15) is 0 Å². The van der Waals surface area contributed by atoms with Gasteiger partial charge >= 0.3 is 0 Å². The van der Waals surface area contributed by atoms with E-state index in [0.29, 0.717) is 6.17 Å². The average molecular weight is 225 g/mol. The molecule has 0 amide bonds. The van der Waals surface area contributed by atoms with Gasteiger partial charge in [0.15, 0.2) is 0 Å². The molecule has 0 fully saturated rings. The van der Waals surface area contributed by atoms with E-state index >= 15 is 0 Å². The highest BCUT2D eigenvalue weighted by Gasteiger charge is 2.05. The maximum absolute atomic E-state index is 4.04. The van der Waals surface area contributed by atoms with Gasteiger partial charge in [0.25, 0.3) is 0 Å². The normalized spacial score (nSPS) is 13.8. The number of aliphatic imine (C=N–C) groups is 1. The molecule has 0 aliphatic rings. The Hall–Kier alpha value is -0.830. The van der Waals surface area contributed by atoms with Crippen LogP contribution >= 0.6 is 0 Å². The third-order valence-corrected chi connectivity index (χ3v) is 2.49. The Morgan fingerprint density at radius 3 is 2.62 bits per heavy atom. The fourth-order valence-electron chi connectivity index (χ4n) is 1.54. The fourth-order valence-corrected chi connectivity index (χ4v) is 1.54. The van der Waals surface area contributed by atoms with Gasteiger partial charge in [0.2, 0.25) is 0 Å². The molecule has 1 unspecified atom stereocenters. The van der Waals surface area contributed by atoms with Crippen molar-refractivity contribution in [2.75, 3.05) is 13.6 Å². The Kier molecular flexibility index (Phi) is 10.1. The first kappa shape index (κ1) is 15.2. The number of hydrogen-bond donors (Lipinski definition) is 1. The number of allylic oxidation sites excluding steroid dienone is 1. The lowest BCUT2D eigenvalue weighted by atomic mass is 10.2. The van der Waals surface area contributed by atoms with Crippen LogP contribution in [0.5, 0.6) is 0 Å². The van der Waals surface area contributed by atoms with Gasteiger partial charge in [-0.3, -0.25) is 10.3 Å². The SMILES string of the molecule is C/C=C\N(/C=N/C)C(C)NCCCCCC. The first-order valence-corrected chi connectivity index (χ1v) is 6.32. The smallest absolute Gasteiger partial charge is 0.0899 e. The van der Waals surface area contributed by atoms with E-state index in [2.05, 4.69) is 29.1 Å². The van der Waals surface area contributed by atoms with E-state index in [9.17, 15) is 0 Å². The summed E-state index contributed by atoms with van der Waals surface area (Å²) in [5.74, 6) is 0. The summed E-state index contributed by atoms with van der Waals surface area (Å²) >= 11 is 0. The molecule has 3 heteroatoms. The van der Waals surface area contributed by atoms with Crippen molar-refractivity contribution in [2.24, 2.45) is 4.99 Å². The minimum atomic E-state index is 0.307.